The number of aryl methyl sites for hydroxylation is 3. The maximum absolute atomic E-state index is 13.7. The van der Waals surface area contributed by atoms with Gasteiger partial charge < -0.3 is 20.1 Å². The van der Waals surface area contributed by atoms with Gasteiger partial charge in [0, 0.05) is 41.8 Å². The second kappa shape index (κ2) is 11.4. The van der Waals surface area contributed by atoms with E-state index in [-0.39, 0.29) is 22.5 Å². The third-order valence-corrected chi connectivity index (χ3v) is 11.1. The summed E-state index contributed by atoms with van der Waals surface area (Å²) in [7, 11) is -3.66. The molecule has 43 heavy (non-hydrogen) atoms. The molecule has 6 rings (SSSR count). The van der Waals surface area contributed by atoms with Gasteiger partial charge in [-0.1, -0.05) is 18.2 Å². The first-order valence-corrected chi connectivity index (χ1v) is 16.9. The molecule has 0 bridgehead atoms. The molecule has 226 valence electrons. The summed E-state index contributed by atoms with van der Waals surface area (Å²) in [6, 6.07) is 11.1. The fourth-order valence-electron chi connectivity index (χ4n) is 6.94. The number of carbonyl (C=O) groups is 2. The van der Waals surface area contributed by atoms with Crippen LogP contribution in [0, 0.1) is 27.7 Å². The predicted molar refractivity (Wildman–Crippen MR) is 170 cm³/mol. The number of nitrogens with zero attached hydrogens (tertiary/aromatic N) is 2. The molecule has 3 aliphatic rings. The molecule has 8 nitrogen and oxygen atoms in total. The van der Waals surface area contributed by atoms with Crippen LogP contribution in [0.2, 0.25) is 0 Å². The van der Waals surface area contributed by atoms with Crippen molar-refractivity contribution < 1.29 is 18.0 Å². The van der Waals surface area contributed by atoms with Crippen LogP contribution in [0.4, 0.5) is 5.69 Å². The Morgan fingerprint density at radius 3 is 2.33 bits per heavy atom. The van der Waals surface area contributed by atoms with Crippen molar-refractivity contribution in [2.24, 2.45) is 0 Å². The molecule has 0 saturated carbocycles. The van der Waals surface area contributed by atoms with Crippen molar-refractivity contribution in [3.05, 3.63) is 81.2 Å². The number of aromatic amines is 1. The zero-order chi connectivity index (χ0) is 30.5. The summed E-state index contributed by atoms with van der Waals surface area (Å²) in [5.41, 5.74) is 7.01. The SMILES string of the molecule is Cc1cccc(C)c1CS(=O)(=O)c1ccc2c(c1)C(=Cc1[nH]c(C)c(C(=O)N3CCC(N4CCCC4)CC3)c1C)C(=O)N2. The molecule has 1 aromatic heterocycles. The zero-order valence-corrected chi connectivity index (χ0v) is 26.2. The molecule has 0 unspecified atom stereocenters. The van der Waals surface area contributed by atoms with Crippen LogP contribution >= 0.6 is 0 Å². The van der Waals surface area contributed by atoms with Crippen molar-refractivity contribution in [3.63, 3.8) is 0 Å². The van der Waals surface area contributed by atoms with Gasteiger partial charge in [0.2, 0.25) is 0 Å². The minimum atomic E-state index is -3.66. The first-order chi connectivity index (χ1) is 20.5. The molecule has 2 aromatic carbocycles. The Morgan fingerprint density at radius 2 is 1.65 bits per heavy atom. The van der Waals surface area contributed by atoms with Gasteiger partial charge in [0.15, 0.2) is 9.84 Å². The molecule has 2 amide bonds. The molecular formula is C34H40N4O4S. The number of H-pyrrole nitrogens is 1. The summed E-state index contributed by atoms with van der Waals surface area (Å²) < 4.78 is 27.0. The molecule has 3 aromatic rings. The number of rotatable bonds is 6. The summed E-state index contributed by atoms with van der Waals surface area (Å²) in [6.45, 7) is 11.5. The van der Waals surface area contributed by atoms with E-state index >= 15 is 0 Å². The van der Waals surface area contributed by atoms with Crippen molar-refractivity contribution in [1.82, 2.24) is 14.8 Å². The molecule has 0 radical (unpaired) electrons. The number of fused-ring (bicyclic) bond motifs is 1. The molecule has 2 saturated heterocycles. The number of sulfone groups is 1. The van der Waals surface area contributed by atoms with Crippen LogP contribution in [0.1, 0.15) is 75.2 Å². The van der Waals surface area contributed by atoms with Gasteiger partial charge in [-0.2, -0.15) is 0 Å². The molecule has 2 fully saturated rings. The van der Waals surface area contributed by atoms with Crippen molar-refractivity contribution in [3.8, 4) is 0 Å². The second-order valence-electron chi connectivity index (χ2n) is 12.3. The average molecular weight is 601 g/mol. The van der Waals surface area contributed by atoms with Crippen LogP contribution in [0.3, 0.4) is 0 Å². The van der Waals surface area contributed by atoms with Gasteiger partial charge in [-0.15, -0.1) is 0 Å². The minimum absolute atomic E-state index is 0.0203. The van der Waals surface area contributed by atoms with Crippen molar-refractivity contribution in [1.29, 1.82) is 0 Å². The highest BCUT2D eigenvalue weighted by Gasteiger charge is 2.32. The predicted octanol–water partition coefficient (Wildman–Crippen LogP) is 5.42. The Labute approximate surface area is 254 Å². The monoisotopic (exact) mass is 600 g/mol. The van der Waals surface area contributed by atoms with Crippen molar-refractivity contribution in [2.45, 2.75) is 70.1 Å². The number of amides is 2. The minimum Gasteiger partial charge on any atom is -0.358 e. The Morgan fingerprint density at radius 1 is 0.977 bits per heavy atom. The van der Waals surface area contributed by atoms with Crippen LogP contribution in [-0.2, 0) is 20.4 Å². The normalized spacial score (nSPS) is 18.8. The van der Waals surface area contributed by atoms with E-state index < -0.39 is 9.84 Å². The van der Waals surface area contributed by atoms with Crippen LogP contribution in [0.15, 0.2) is 41.3 Å². The van der Waals surface area contributed by atoms with E-state index in [1.165, 1.54) is 25.9 Å². The van der Waals surface area contributed by atoms with E-state index in [2.05, 4.69) is 15.2 Å². The van der Waals surface area contributed by atoms with E-state index in [4.69, 9.17) is 0 Å². The van der Waals surface area contributed by atoms with Crippen LogP contribution in [0.5, 0.6) is 0 Å². The maximum atomic E-state index is 13.7. The van der Waals surface area contributed by atoms with Gasteiger partial charge in [0.25, 0.3) is 11.8 Å². The lowest BCUT2D eigenvalue weighted by Gasteiger charge is -2.36. The van der Waals surface area contributed by atoms with Gasteiger partial charge in [0.1, 0.15) is 0 Å². The number of nitrogens with one attached hydrogen (secondary N) is 2. The molecule has 0 aliphatic carbocycles. The van der Waals surface area contributed by atoms with Crippen LogP contribution in [-0.4, -0.2) is 67.2 Å². The van der Waals surface area contributed by atoms with Gasteiger partial charge >= 0.3 is 0 Å². The van der Waals surface area contributed by atoms with E-state index in [1.54, 1.807) is 24.3 Å². The van der Waals surface area contributed by atoms with Crippen LogP contribution in [0.25, 0.3) is 11.6 Å². The molecule has 0 atom stereocenters. The highest BCUT2D eigenvalue weighted by atomic mass is 32.2. The van der Waals surface area contributed by atoms with E-state index in [0.717, 1.165) is 53.9 Å². The standard InChI is InChI=1S/C34H40N4O4S/c1-21-8-7-9-22(2)29(21)20-43(41,42)26-10-11-30-27(18-26)28(33(39)36-30)19-31-23(3)32(24(4)35-31)34(40)38-16-12-25(13-17-38)37-14-5-6-15-37/h7-11,18-19,25,35H,5-6,12-17,20H2,1-4H3,(H,36,39). The lowest BCUT2D eigenvalue weighted by Crippen LogP contribution is -2.46. The Bertz CT molecular complexity index is 1720. The average Bonchev–Trinajstić information content (AvgIpc) is 3.69. The third kappa shape index (κ3) is 5.56. The van der Waals surface area contributed by atoms with E-state index in [9.17, 15) is 18.0 Å². The summed E-state index contributed by atoms with van der Waals surface area (Å²) in [4.78, 5) is 34.8. The Balaban J connectivity index is 1.26. The van der Waals surface area contributed by atoms with Gasteiger partial charge in [-0.25, -0.2) is 8.42 Å². The van der Waals surface area contributed by atoms with Gasteiger partial charge in [0.05, 0.1) is 21.8 Å². The summed E-state index contributed by atoms with van der Waals surface area (Å²) in [5, 5.41) is 2.86. The molecule has 4 heterocycles. The first-order valence-electron chi connectivity index (χ1n) is 15.2. The number of hydrogen-bond acceptors (Lipinski definition) is 5. The third-order valence-electron chi connectivity index (χ3n) is 9.50. The highest BCUT2D eigenvalue weighted by molar-refractivity contribution is 7.90. The summed E-state index contributed by atoms with van der Waals surface area (Å²) >= 11 is 0. The lowest BCUT2D eigenvalue weighted by molar-refractivity contribution is -0.110. The van der Waals surface area contributed by atoms with E-state index in [0.29, 0.717) is 34.1 Å². The molecular weight excluding hydrogens is 560 g/mol. The van der Waals surface area contributed by atoms with Crippen molar-refractivity contribution >= 4 is 39.0 Å². The van der Waals surface area contributed by atoms with E-state index in [1.807, 2.05) is 50.8 Å². The quantitative estimate of drug-likeness (QED) is 0.368. The fourth-order valence-corrected chi connectivity index (χ4v) is 8.51. The fraction of sp³-hybridized carbons (Fsp3) is 0.412. The maximum Gasteiger partial charge on any atom is 0.256 e. The van der Waals surface area contributed by atoms with Gasteiger partial charge in [-0.3, -0.25) is 9.59 Å². The number of carbonyl (C=O) groups excluding carboxylic acids is 2. The number of hydrogen-bond donors (Lipinski definition) is 2. The second-order valence-corrected chi connectivity index (χ2v) is 14.3. The Kier molecular flexibility index (Phi) is 7.81. The number of anilines is 1. The Hall–Kier alpha value is -3.69. The molecule has 0 spiro atoms. The number of piperidine rings is 1. The van der Waals surface area contributed by atoms with Gasteiger partial charge in [-0.05, 0) is 113 Å². The lowest BCUT2D eigenvalue weighted by atomic mass is 10.0. The summed E-state index contributed by atoms with van der Waals surface area (Å²) in [6.07, 6.45) is 6.27. The van der Waals surface area contributed by atoms with Crippen molar-refractivity contribution in [2.75, 3.05) is 31.5 Å². The highest BCUT2D eigenvalue weighted by Crippen LogP contribution is 2.37. The zero-order valence-electron chi connectivity index (χ0n) is 25.4. The largest absolute Gasteiger partial charge is 0.358 e. The van der Waals surface area contributed by atoms with Crippen LogP contribution < -0.4 is 5.32 Å². The number of benzene rings is 2. The first kappa shape index (κ1) is 29.4. The molecule has 3 aliphatic heterocycles. The smallest absolute Gasteiger partial charge is 0.256 e. The number of aromatic nitrogens is 1. The molecule has 9 heteroatoms. The number of likely N-dealkylation sites (tertiary alicyclic amines) is 2. The molecule has 2 N–H and O–H groups in total. The topological polar surface area (TPSA) is 103 Å². The summed E-state index contributed by atoms with van der Waals surface area (Å²) in [5.74, 6) is -0.393.